The van der Waals surface area contributed by atoms with Crippen LogP contribution >= 0.6 is 34.4 Å². The molecule has 0 bridgehead atoms. The number of amides is 1. The Kier molecular flexibility index (Phi) is 6.91. The van der Waals surface area contributed by atoms with Crippen LogP contribution in [-0.4, -0.2) is 27.6 Å². The molecule has 0 fully saturated rings. The average molecular weight is 535 g/mol. The van der Waals surface area contributed by atoms with Crippen LogP contribution in [0.15, 0.2) is 68.8 Å². The SMILES string of the molecule is Cc1cccc(NC(=O)CSc2nnc(N3C(N)=C(C#N)C(c4cccs4)C4=C3CCCC4=O)s2)c1. The molecule has 182 valence electrons. The first kappa shape index (κ1) is 24.2. The van der Waals surface area contributed by atoms with Crippen LogP contribution in [0.5, 0.6) is 0 Å². The van der Waals surface area contributed by atoms with Gasteiger partial charge in [-0.15, -0.1) is 21.5 Å². The Morgan fingerprint density at radius 2 is 2.17 bits per heavy atom. The van der Waals surface area contributed by atoms with Gasteiger partial charge in [-0.05, 0) is 48.9 Å². The zero-order chi connectivity index (χ0) is 25.2. The van der Waals surface area contributed by atoms with Gasteiger partial charge in [-0.3, -0.25) is 14.5 Å². The van der Waals surface area contributed by atoms with E-state index in [1.165, 1.54) is 34.4 Å². The van der Waals surface area contributed by atoms with E-state index in [2.05, 4.69) is 21.6 Å². The maximum atomic E-state index is 13.1. The van der Waals surface area contributed by atoms with Crippen LogP contribution in [0.25, 0.3) is 0 Å². The zero-order valence-electron chi connectivity index (χ0n) is 19.4. The standard InChI is InChI=1S/C25H22N6O2S3/c1-14-5-2-6-15(11-14)28-20(33)13-35-25-30-29-24(36-25)31-17-7-3-8-18(32)22(17)21(16(12-26)23(31)27)19-9-4-10-34-19/h2,4-6,9-11,21H,3,7-8,13,27H2,1H3,(H,28,33). The molecule has 1 unspecified atom stereocenters. The lowest BCUT2D eigenvalue weighted by Crippen LogP contribution is -2.38. The summed E-state index contributed by atoms with van der Waals surface area (Å²) in [5.41, 5.74) is 10.1. The van der Waals surface area contributed by atoms with Crippen LogP contribution < -0.4 is 16.0 Å². The van der Waals surface area contributed by atoms with Gasteiger partial charge in [0.1, 0.15) is 5.82 Å². The number of aromatic nitrogens is 2. The molecule has 3 aromatic rings. The van der Waals surface area contributed by atoms with Crippen LogP contribution in [0.4, 0.5) is 10.8 Å². The van der Waals surface area contributed by atoms with E-state index in [0.29, 0.717) is 39.9 Å². The van der Waals surface area contributed by atoms with Gasteiger partial charge in [0.05, 0.1) is 23.3 Å². The van der Waals surface area contributed by atoms with E-state index in [9.17, 15) is 14.9 Å². The minimum absolute atomic E-state index is 0.0341. The largest absolute Gasteiger partial charge is 0.384 e. The number of benzene rings is 1. The predicted octanol–water partition coefficient (Wildman–Crippen LogP) is 4.94. The molecule has 3 N–H and O–H groups in total. The lowest BCUT2D eigenvalue weighted by atomic mass is 9.78. The van der Waals surface area contributed by atoms with Gasteiger partial charge < -0.3 is 11.1 Å². The summed E-state index contributed by atoms with van der Waals surface area (Å²) in [7, 11) is 0. The van der Waals surface area contributed by atoms with E-state index in [1.54, 1.807) is 4.90 Å². The van der Waals surface area contributed by atoms with Crippen molar-refractivity contribution in [1.29, 1.82) is 5.26 Å². The second-order valence-electron chi connectivity index (χ2n) is 8.39. The molecule has 11 heteroatoms. The van der Waals surface area contributed by atoms with Crippen molar-refractivity contribution in [2.45, 2.75) is 36.4 Å². The topological polar surface area (TPSA) is 125 Å². The number of aryl methyl sites for hydroxylation is 1. The Morgan fingerprint density at radius 1 is 1.31 bits per heavy atom. The summed E-state index contributed by atoms with van der Waals surface area (Å²) < 4.78 is 0.598. The number of Topliss-reactive ketones (excluding diaryl/α,β-unsaturated/α-hetero) is 1. The van der Waals surface area contributed by atoms with Crippen molar-refractivity contribution in [1.82, 2.24) is 10.2 Å². The smallest absolute Gasteiger partial charge is 0.234 e. The van der Waals surface area contributed by atoms with E-state index in [4.69, 9.17) is 5.73 Å². The molecule has 1 aliphatic heterocycles. The fourth-order valence-corrected chi connectivity index (χ4v) is 6.97. The van der Waals surface area contributed by atoms with Crippen molar-refractivity contribution in [3.8, 4) is 6.07 Å². The highest BCUT2D eigenvalue weighted by Crippen LogP contribution is 2.47. The number of anilines is 2. The van der Waals surface area contributed by atoms with Crippen molar-refractivity contribution in [3.05, 3.63) is 74.9 Å². The number of carbonyl (C=O) groups excluding carboxylic acids is 2. The number of nitrogens with two attached hydrogens (primary N) is 1. The normalized spacial score (nSPS) is 17.7. The number of ketones is 1. The number of nitrogens with one attached hydrogen (secondary N) is 1. The molecule has 0 spiro atoms. The number of nitrogens with zero attached hydrogens (tertiary/aromatic N) is 4. The fourth-order valence-electron chi connectivity index (χ4n) is 4.44. The quantitative estimate of drug-likeness (QED) is 0.426. The molecular weight excluding hydrogens is 513 g/mol. The maximum Gasteiger partial charge on any atom is 0.234 e. The molecule has 1 atom stereocenters. The number of carbonyl (C=O) groups is 2. The Labute approximate surface area is 220 Å². The Bertz CT molecular complexity index is 1430. The number of rotatable bonds is 6. The van der Waals surface area contributed by atoms with Crippen LogP contribution in [0, 0.1) is 18.3 Å². The number of hydrogen-bond acceptors (Lipinski definition) is 10. The van der Waals surface area contributed by atoms with Crippen molar-refractivity contribution in [2.24, 2.45) is 5.73 Å². The van der Waals surface area contributed by atoms with Crippen LogP contribution in [0.3, 0.4) is 0 Å². The van der Waals surface area contributed by atoms with E-state index < -0.39 is 5.92 Å². The zero-order valence-corrected chi connectivity index (χ0v) is 21.8. The van der Waals surface area contributed by atoms with Gasteiger partial charge >= 0.3 is 0 Å². The number of nitriles is 1. The molecule has 1 aromatic carbocycles. The molecule has 5 rings (SSSR count). The monoisotopic (exact) mass is 534 g/mol. The van der Waals surface area contributed by atoms with Gasteiger partial charge in [-0.2, -0.15) is 5.26 Å². The van der Waals surface area contributed by atoms with Crippen LogP contribution in [0.1, 0.15) is 35.6 Å². The van der Waals surface area contributed by atoms with Crippen molar-refractivity contribution < 1.29 is 9.59 Å². The molecule has 1 amide bonds. The second kappa shape index (κ2) is 10.3. The molecule has 0 saturated heterocycles. The number of hydrogen-bond donors (Lipinski definition) is 2. The van der Waals surface area contributed by atoms with E-state index >= 15 is 0 Å². The first-order valence-electron chi connectivity index (χ1n) is 11.3. The molecule has 0 saturated carbocycles. The summed E-state index contributed by atoms with van der Waals surface area (Å²) in [6, 6.07) is 13.7. The summed E-state index contributed by atoms with van der Waals surface area (Å²) in [5.74, 6) is -0.125. The second-order valence-corrected chi connectivity index (χ2v) is 11.5. The molecule has 0 radical (unpaired) electrons. The van der Waals surface area contributed by atoms with Gasteiger partial charge in [-0.1, -0.05) is 41.3 Å². The van der Waals surface area contributed by atoms with E-state index in [-0.39, 0.29) is 23.3 Å². The van der Waals surface area contributed by atoms with E-state index in [0.717, 1.165) is 21.8 Å². The number of thiophene rings is 1. The fraction of sp³-hybridized carbons (Fsp3) is 0.240. The van der Waals surface area contributed by atoms with E-state index in [1.807, 2.05) is 48.7 Å². The summed E-state index contributed by atoms with van der Waals surface area (Å²) in [5, 5.41) is 23.9. The van der Waals surface area contributed by atoms with Gasteiger partial charge in [0.25, 0.3) is 0 Å². The number of thioether (sulfide) groups is 1. The highest BCUT2D eigenvalue weighted by Gasteiger charge is 2.41. The lowest BCUT2D eigenvalue weighted by Gasteiger charge is -2.37. The first-order valence-corrected chi connectivity index (χ1v) is 14.0. The highest BCUT2D eigenvalue weighted by molar-refractivity contribution is 8.01. The van der Waals surface area contributed by atoms with Gasteiger partial charge in [0.2, 0.25) is 11.0 Å². The Hall–Kier alpha value is -3.46. The minimum Gasteiger partial charge on any atom is -0.384 e. The molecule has 2 aromatic heterocycles. The summed E-state index contributed by atoms with van der Waals surface area (Å²) >= 11 is 4.07. The molecular formula is C25H22N6O2S3. The minimum atomic E-state index is -0.457. The summed E-state index contributed by atoms with van der Waals surface area (Å²) in [4.78, 5) is 28.2. The third-order valence-electron chi connectivity index (χ3n) is 5.96. The lowest BCUT2D eigenvalue weighted by molar-refractivity contribution is -0.116. The third kappa shape index (κ3) is 4.67. The number of allylic oxidation sites excluding steroid dienone is 3. The third-order valence-corrected chi connectivity index (χ3v) is 8.94. The molecule has 8 nitrogen and oxygen atoms in total. The highest BCUT2D eigenvalue weighted by atomic mass is 32.2. The Balaban J connectivity index is 1.40. The average Bonchev–Trinajstić information content (AvgIpc) is 3.55. The first-order chi connectivity index (χ1) is 17.5. The molecule has 3 heterocycles. The van der Waals surface area contributed by atoms with Gasteiger partial charge in [-0.25, -0.2) is 0 Å². The van der Waals surface area contributed by atoms with Crippen molar-refractivity contribution in [3.63, 3.8) is 0 Å². The van der Waals surface area contributed by atoms with Gasteiger partial charge in [0.15, 0.2) is 10.1 Å². The molecule has 1 aliphatic carbocycles. The predicted molar refractivity (Wildman–Crippen MR) is 143 cm³/mol. The van der Waals surface area contributed by atoms with Crippen LogP contribution in [0.2, 0.25) is 0 Å². The van der Waals surface area contributed by atoms with Crippen molar-refractivity contribution >= 4 is 56.9 Å². The maximum absolute atomic E-state index is 13.1. The molecule has 2 aliphatic rings. The molecule has 36 heavy (non-hydrogen) atoms. The van der Waals surface area contributed by atoms with Gasteiger partial charge in [0, 0.05) is 28.3 Å². The van der Waals surface area contributed by atoms with Crippen LogP contribution in [-0.2, 0) is 9.59 Å². The summed E-state index contributed by atoms with van der Waals surface area (Å²) in [6.07, 6.45) is 1.81. The Morgan fingerprint density at radius 3 is 2.92 bits per heavy atom. The summed E-state index contributed by atoms with van der Waals surface area (Å²) in [6.45, 7) is 1.97. The van der Waals surface area contributed by atoms with Crippen molar-refractivity contribution in [2.75, 3.05) is 16.0 Å².